The quantitative estimate of drug-likeness (QED) is 0.827. The van der Waals surface area contributed by atoms with Crippen LogP contribution in [0.25, 0.3) is 0 Å². The van der Waals surface area contributed by atoms with Crippen LogP contribution in [-0.2, 0) is 12.0 Å². The summed E-state index contributed by atoms with van der Waals surface area (Å²) in [4.78, 5) is 2.23. The van der Waals surface area contributed by atoms with E-state index >= 15 is 0 Å². The van der Waals surface area contributed by atoms with Crippen molar-refractivity contribution in [2.75, 3.05) is 26.3 Å². The summed E-state index contributed by atoms with van der Waals surface area (Å²) in [7, 11) is 0. The molecule has 1 saturated heterocycles. The minimum absolute atomic E-state index is 0.109. The summed E-state index contributed by atoms with van der Waals surface area (Å²) in [5, 5.41) is 4.83. The fraction of sp³-hybridized carbons (Fsp3) is 0.824. The lowest BCUT2D eigenvalue weighted by molar-refractivity contribution is 0.279. The Bertz CT molecular complexity index is 459. The molecule has 4 heteroatoms. The first-order valence-corrected chi connectivity index (χ1v) is 8.17. The molecule has 1 aliphatic rings. The van der Waals surface area contributed by atoms with Gasteiger partial charge >= 0.3 is 0 Å². The molecule has 1 atom stereocenters. The fourth-order valence-electron chi connectivity index (χ4n) is 3.09. The SMILES string of the molecule is CC(C)c1cc(C(C)(C)C)n(CC2CCN(CCF)C2)n1. The molecule has 0 N–H and O–H groups in total. The molecule has 2 rings (SSSR count). The van der Waals surface area contributed by atoms with Crippen LogP contribution in [0.1, 0.15) is 58.3 Å². The molecule has 1 unspecified atom stereocenters. The van der Waals surface area contributed by atoms with Crippen LogP contribution in [0.15, 0.2) is 6.07 Å². The van der Waals surface area contributed by atoms with Crippen molar-refractivity contribution in [1.29, 1.82) is 0 Å². The van der Waals surface area contributed by atoms with E-state index in [1.807, 2.05) is 0 Å². The van der Waals surface area contributed by atoms with E-state index in [2.05, 4.69) is 50.3 Å². The van der Waals surface area contributed by atoms with Crippen LogP contribution >= 0.6 is 0 Å². The van der Waals surface area contributed by atoms with Gasteiger partial charge in [-0.2, -0.15) is 5.10 Å². The maximum absolute atomic E-state index is 12.5. The third-order valence-electron chi connectivity index (χ3n) is 4.36. The van der Waals surface area contributed by atoms with E-state index in [1.54, 1.807) is 0 Å². The molecule has 1 aliphatic heterocycles. The van der Waals surface area contributed by atoms with Gasteiger partial charge in [0, 0.05) is 30.7 Å². The Balaban J connectivity index is 2.12. The zero-order valence-corrected chi connectivity index (χ0v) is 14.2. The van der Waals surface area contributed by atoms with Crippen molar-refractivity contribution < 1.29 is 4.39 Å². The maximum Gasteiger partial charge on any atom is 0.102 e. The van der Waals surface area contributed by atoms with Crippen molar-refractivity contribution >= 4 is 0 Å². The summed E-state index contributed by atoms with van der Waals surface area (Å²) in [6, 6.07) is 2.26. The molecule has 0 aromatic carbocycles. The highest BCUT2D eigenvalue weighted by Crippen LogP contribution is 2.28. The Morgan fingerprint density at radius 1 is 1.38 bits per heavy atom. The molecule has 0 aliphatic carbocycles. The summed E-state index contributed by atoms with van der Waals surface area (Å²) >= 11 is 0. The van der Waals surface area contributed by atoms with E-state index < -0.39 is 0 Å². The lowest BCUT2D eigenvalue weighted by atomic mass is 9.91. The number of hydrogen-bond acceptors (Lipinski definition) is 2. The van der Waals surface area contributed by atoms with E-state index in [-0.39, 0.29) is 12.1 Å². The zero-order valence-electron chi connectivity index (χ0n) is 14.2. The van der Waals surface area contributed by atoms with Crippen molar-refractivity contribution in [2.24, 2.45) is 5.92 Å². The highest BCUT2D eigenvalue weighted by atomic mass is 19.1. The third kappa shape index (κ3) is 4.06. The van der Waals surface area contributed by atoms with Gasteiger partial charge in [-0.1, -0.05) is 34.6 Å². The third-order valence-corrected chi connectivity index (χ3v) is 4.36. The van der Waals surface area contributed by atoms with Gasteiger partial charge in [0.15, 0.2) is 0 Å². The predicted octanol–water partition coefficient (Wildman–Crippen LogP) is 3.60. The molecule has 1 fully saturated rings. The minimum atomic E-state index is -0.237. The van der Waals surface area contributed by atoms with Gasteiger partial charge in [0.25, 0.3) is 0 Å². The lowest BCUT2D eigenvalue weighted by Crippen LogP contribution is -2.26. The first-order valence-electron chi connectivity index (χ1n) is 8.17. The molecule has 21 heavy (non-hydrogen) atoms. The Morgan fingerprint density at radius 2 is 2.10 bits per heavy atom. The van der Waals surface area contributed by atoms with Crippen LogP contribution in [0.4, 0.5) is 4.39 Å². The van der Waals surface area contributed by atoms with Crippen molar-refractivity contribution in [3.63, 3.8) is 0 Å². The van der Waals surface area contributed by atoms with Crippen molar-refractivity contribution in [2.45, 2.75) is 58.9 Å². The molecular formula is C17H30FN3. The maximum atomic E-state index is 12.5. The summed E-state index contributed by atoms with van der Waals surface area (Å²) in [6.07, 6.45) is 1.15. The number of likely N-dealkylation sites (tertiary alicyclic amines) is 1. The predicted molar refractivity (Wildman–Crippen MR) is 85.5 cm³/mol. The van der Waals surface area contributed by atoms with Gasteiger partial charge in [-0.25, -0.2) is 4.39 Å². The van der Waals surface area contributed by atoms with Crippen LogP contribution in [0, 0.1) is 5.92 Å². The second-order valence-electron chi connectivity index (χ2n) is 7.69. The van der Waals surface area contributed by atoms with Crippen molar-refractivity contribution in [3.05, 3.63) is 17.5 Å². The van der Waals surface area contributed by atoms with Crippen LogP contribution < -0.4 is 0 Å². The normalized spacial score (nSPS) is 20.6. The van der Waals surface area contributed by atoms with Gasteiger partial charge in [0.2, 0.25) is 0 Å². The largest absolute Gasteiger partial charge is 0.300 e. The van der Waals surface area contributed by atoms with E-state index in [0.717, 1.165) is 26.1 Å². The number of hydrogen-bond donors (Lipinski definition) is 0. The highest BCUT2D eigenvalue weighted by Gasteiger charge is 2.27. The molecule has 0 saturated carbocycles. The summed E-state index contributed by atoms with van der Waals surface area (Å²) in [6.45, 7) is 14.5. The van der Waals surface area contributed by atoms with Crippen LogP contribution in [0.3, 0.4) is 0 Å². The van der Waals surface area contributed by atoms with Gasteiger partial charge in [-0.05, 0) is 30.9 Å². The second kappa shape index (κ2) is 6.47. The van der Waals surface area contributed by atoms with Gasteiger partial charge in [-0.15, -0.1) is 0 Å². The van der Waals surface area contributed by atoms with Crippen LogP contribution in [0.5, 0.6) is 0 Å². The summed E-state index contributed by atoms with van der Waals surface area (Å²) in [5.74, 6) is 1.05. The van der Waals surface area contributed by atoms with Crippen LogP contribution in [0.2, 0.25) is 0 Å². The molecular weight excluding hydrogens is 265 g/mol. The first kappa shape index (κ1) is 16.5. The van der Waals surface area contributed by atoms with E-state index in [9.17, 15) is 4.39 Å². The number of aromatic nitrogens is 2. The van der Waals surface area contributed by atoms with Crippen LogP contribution in [-0.4, -0.2) is 41.0 Å². The standard InChI is InChI=1S/C17H30FN3/c1-13(2)15-10-16(17(3,4)5)21(19-15)12-14-6-8-20(11-14)9-7-18/h10,13-14H,6-9,11-12H2,1-5H3. The molecule has 0 amide bonds. The Kier molecular flexibility index (Phi) is 5.07. The zero-order chi connectivity index (χ0) is 15.6. The molecule has 3 nitrogen and oxygen atoms in total. The second-order valence-corrected chi connectivity index (χ2v) is 7.69. The number of nitrogens with zero attached hydrogens (tertiary/aromatic N) is 3. The van der Waals surface area contributed by atoms with Gasteiger partial charge in [0.05, 0.1) is 5.69 Å². The number of alkyl halides is 1. The Hall–Kier alpha value is -0.900. The average molecular weight is 295 g/mol. The minimum Gasteiger partial charge on any atom is -0.300 e. The molecule has 2 heterocycles. The molecule has 0 spiro atoms. The molecule has 0 bridgehead atoms. The van der Waals surface area contributed by atoms with E-state index in [0.29, 0.717) is 18.4 Å². The molecule has 0 radical (unpaired) electrons. The summed E-state index contributed by atoms with van der Waals surface area (Å²) in [5.41, 5.74) is 2.60. The Labute approximate surface area is 128 Å². The smallest absolute Gasteiger partial charge is 0.102 e. The average Bonchev–Trinajstić information content (AvgIpc) is 2.96. The van der Waals surface area contributed by atoms with Crippen molar-refractivity contribution in [1.82, 2.24) is 14.7 Å². The highest BCUT2D eigenvalue weighted by molar-refractivity contribution is 5.20. The van der Waals surface area contributed by atoms with Gasteiger partial charge in [0.1, 0.15) is 6.67 Å². The first-order chi connectivity index (χ1) is 9.81. The number of halogens is 1. The molecule has 1 aromatic rings. The number of rotatable bonds is 5. The van der Waals surface area contributed by atoms with E-state index in [4.69, 9.17) is 5.10 Å². The monoisotopic (exact) mass is 295 g/mol. The topological polar surface area (TPSA) is 21.1 Å². The van der Waals surface area contributed by atoms with E-state index in [1.165, 1.54) is 11.4 Å². The Morgan fingerprint density at radius 3 is 2.67 bits per heavy atom. The molecule has 120 valence electrons. The van der Waals surface area contributed by atoms with Gasteiger partial charge < -0.3 is 4.90 Å². The van der Waals surface area contributed by atoms with Gasteiger partial charge in [-0.3, -0.25) is 4.68 Å². The van der Waals surface area contributed by atoms with Crippen molar-refractivity contribution in [3.8, 4) is 0 Å². The molecule has 1 aromatic heterocycles. The lowest BCUT2D eigenvalue weighted by Gasteiger charge is -2.22. The summed E-state index contributed by atoms with van der Waals surface area (Å²) < 4.78 is 14.7. The fourth-order valence-corrected chi connectivity index (χ4v) is 3.09.